The second-order valence-electron chi connectivity index (χ2n) is 4.24. The van der Waals surface area contributed by atoms with Gasteiger partial charge in [-0.05, 0) is 30.7 Å². The Balaban J connectivity index is 1.79. The van der Waals surface area contributed by atoms with Gasteiger partial charge in [0.15, 0.2) is 0 Å². The number of imidazole rings is 1. The lowest BCUT2D eigenvalue weighted by Gasteiger charge is -2.29. The molecule has 1 aromatic rings. The Bertz CT molecular complexity index is 345. The number of piperidine rings is 1. The van der Waals surface area contributed by atoms with Gasteiger partial charge in [-0.15, -0.1) is 0 Å². The van der Waals surface area contributed by atoms with Gasteiger partial charge in [0.25, 0.3) is 0 Å². The Hall–Kier alpha value is -0.810. The largest absolute Gasteiger partial charge is 0.339 e. The summed E-state index contributed by atoms with van der Waals surface area (Å²) < 4.78 is 4.30. The average molecular weight is 239 g/mol. The van der Waals surface area contributed by atoms with Gasteiger partial charge in [-0.1, -0.05) is 0 Å². The lowest BCUT2D eigenvalue weighted by atomic mass is 9.95. The minimum absolute atomic E-state index is 0.595. The van der Waals surface area contributed by atoms with Crippen LogP contribution in [0.5, 0.6) is 0 Å². The van der Waals surface area contributed by atoms with Crippen molar-refractivity contribution < 1.29 is 4.79 Å². The molecular formula is C11H17N3OS. The number of aldehydes is 1. The molecule has 1 aliphatic heterocycles. The maximum absolute atomic E-state index is 10.4. The van der Waals surface area contributed by atoms with Gasteiger partial charge >= 0.3 is 0 Å². The van der Waals surface area contributed by atoms with Crippen LogP contribution in [0.2, 0.25) is 0 Å². The predicted molar refractivity (Wildman–Crippen MR) is 64.0 cm³/mol. The number of aryl methyl sites for hydroxylation is 1. The molecule has 0 radical (unpaired) electrons. The topological polar surface area (TPSA) is 38.1 Å². The number of hydrogen-bond acceptors (Lipinski definition) is 4. The van der Waals surface area contributed by atoms with Crippen LogP contribution in [-0.4, -0.2) is 33.2 Å². The van der Waals surface area contributed by atoms with Crippen LogP contribution in [0.1, 0.15) is 19.3 Å². The van der Waals surface area contributed by atoms with Gasteiger partial charge in [-0.3, -0.25) is 0 Å². The van der Waals surface area contributed by atoms with Gasteiger partial charge in [0.05, 0.1) is 6.33 Å². The van der Waals surface area contributed by atoms with E-state index >= 15 is 0 Å². The van der Waals surface area contributed by atoms with Crippen molar-refractivity contribution >= 4 is 18.2 Å². The predicted octanol–water partition coefficient (Wildman–Crippen LogP) is 1.73. The molecule has 2 heterocycles. The molecule has 5 heteroatoms. The van der Waals surface area contributed by atoms with Crippen LogP contribution in [-0.2, 0) is 11.8 Å². The first-order valence-corrected chi connectivity index (χ1v) is 6.40. The summed E-state index contributed by atoms with van der Waals surface area (Å²) in [6.45, 7) is 2.11. The molecule has 16 heavy (non-hydrogen) atoms. The lowest BCUT2D eigenvalue weighted by Crippen LogP contribution is -2.28. The molecule has 1 aromatic heterocycles. The zero-order valence-corrected chi connectivity index (χ0v) is 10.3. The van der Waals surface area contributed by atoms with Crippen LogP contribution in [0.25, 0.3) is 0 Å². The third-order valence-corrected chi connectivity index (χ3v) is 3.93. The van der Waals surface area contributed by atoms with E-state index in [0.29, 0.717) is 5.92 Å². The van der Waals surface area contributed by atoms with Crippen LogP contribution in [0.15, 0.2) is 17.6 Å². The average Bonchev–Trinajstić information content (AvgIpc) is 2.67. The molecule has 1 fully saturated rings. The fourth-order valence-electron chi connectivity index (χ4n) is 1.94. The Morgan fingerprint density at radius 3 is 2.88 bits per heavy atom. The molecule has 4 nitrogen and oxygen atoms in total. The summed E-state index contributed by atoms with van der Waals surface area (Å²) in [5.74, 6) is 0.595. The van der Waals surface area contributed by atoms with Crippen LogP contribution in [0, 0.1) is 5.92 Å². The molecular weight excluding hydrogens is 222 g/mol. The van der Waals surface area contributed by atoms with Crippen molar-refractivity contribution in [3.05, 3.63) is 12.5 Å². The van der Waals surface area contributed by atoms with Crippen LogP contribution in [0.3, 0.4) is 0 Å². The summed E-state index contributed by atoms with van der Waals surface area (Å²) in [6.07, 6.45) is 7.87. The zero-order valence-electron chi connectivity index (χ0n) is 9.50. The summed E-state index contributed by atoms with van der Waals surface area (Å²) in [5.41, 5.74) is 0. The molecule has 0 N–H and O–H groups in total. The molecule has 0 aromatic carbocycles. The molecule has 2 rings (SSSR count). The standard InChI is InChI=1S/C11H17N3OS/c1-13-8-11(12-9-13)16-14-5-2-10(3-6-14)4-7-15/h7-10H,2-6H2,1H3. The van der Waals surface area contributed by atoms with Crippen molar-refractivity contribution in [3.63, 3.8) is 0 Å². The number of aromatic nitrogens is 2. The maximum Gasteiger partial charge on any atom is 0.129 e. The zero-order chi connectivity index (χ0) is 11.4. The fourth-order valence-corrected chi connectivity index (χ4v) is 2.91. The van der Waals surface area contributed by atoms with Crippen molar-refractivity contribution in [2.24, 2.45) is 13.0 Å². The van der Waals surface area contributed by atoms with E-state index in [-0.39, 0.29) is 0 Å². The summed E-state index contributed by atoms with van der Waals surface area (Å²) in [4.78, 5) is 14.7. The first kappa shape index (κ1) is 11.7. The van der Waals surface area contributed by atoms with Crippen molar-refractivity contribution in [1.82, 2.24) is 13.9 Å². The number of carbonyl (C=O) groups excluding carboxylic acids is 1. The summed E-state index contributed by atoms with van der Waals surface area (Å²) in [6, 6.07) is 0. The van der Waals surface area contributed by atoms with E-state index in [1.165, 1.54) is 0 Å². The van der Waals surface area contributed by atoms with Gasteiger partial charge < -0.3 is 9.36 Å². The molecule has 0 atom stereocenters. The van der Waals surface area contributed by atoms with Gasteiger partial charge in [0.1, 0.15) is 11.3 Å². The quantitative estimate of drug-likeness (QED) is 0.592. The van der Waals surface area contributed by atoms with Gasteiger partial charge in [0.2, 0.25) is 0 Å². The van der Waals surface area contributed by atoms with E-state index in [0.717, 1.165) is 43.7 Å². The molecule has 1 aliphatic rings. The van der Waals surface area contributed by atoms with Crippen LogP contribution in [0.4, 0.5) is 0 Å². The van der Waals surface area contributed by atoms with Crippen molar-refractivity contribution in [2.75, 3.05) is 13.1 Å². The number of hydrogen-bond donors (Lipinski definition) is 0. The Kier molecular flexibility index (Phi) is 4.01. The fraction of sp³-hybridized carbons (Fsp3) is 0.636. The first-order chi connectivity index (χ1) is 7.78. The second-order valence-corrected chi connectivity index (χ2v) is 5.36. The highest BCUT2D eigenvalue weighted by atomic mass is 32.2. The number of nitrogens with zero attached hydrogens (tertiary/aromatic N) is 3. The molecule has 0 amide bonds. The lowest BCUT2D eigenvalue weighted by molar-refractivity contribution is -0.108. The molecule has 1 saturated heterocycles. The highest BCUT2D eigenvalue weighted by Crippen LogP contribution is 2.27. The van der Waals surface area contributed by atoms with E-state index in [1.54, 1.807) is 11.9 Å². The van der Waals surface area contributed by atoms with Crippen LogP contribution >= 0.6 is 11.9 Å². The Morgan fingerprint density at radius 1 is 1.56 bits per heavy atom. The smallest absolute Gasteiger partial charge is 0.129 e. The monoisotopic (exact) mass is 239 g/mol. The van der Waals surface area contributed by atoms with E-state index in [4.69, 9.17) is 0 Å². The van der Waals surface area contributed by atoms with Gasteiger partial charge in [-0.25, -0.2) is 9.29 Å². The van der Waals surface area contributed by atoms with E-state index in [2.05, 4.69) is 9.29 Å². The maximum atomic E-state index is 10.4. The summed E-state index contributed by atoms with van der Waals surface area (Å²) in [5, 5.41) is 1.05. The van der Waals surface area contributed by atoms with E-state index in [1.807, 2.05) is 24.1 Å². The van der Waals surface area contributed by atoms with Crippen molar-refractivity contribution in [1.29, 1.82) is 0 Å². The molecule has 0 bridgehead atoms. The second kappa shape index (κ2) is 5.50. The highest BCUT2D eigenvalue weighted by Gasteiger charge is 2.19. The third kappa shape index (κ3) is 3.09. The normalized spacial score (nSPS) is 18.8. The number of carbonyl (C=O) groups is 1. The molecule has 0 saturated carbocycles. The molecule has 0 aliphatic carbocycles. The number of rotatable bonds is 4. The van der Waals surface area contributed by atoms with Crippen LogP contribution < -0.4 is 0 Å². The first-order valence-electron chi connectivity index (χ1n) is 5.62. The summed E-state index contributed by atoms with van der Waals surface area (Å²) in [7, 11) is 1.98. The Labute approximate surface area is 100 Å². The van der Waals surface area contributed by atoms with Gasteiger partial charge in [0, 0.05) is 32.8 Å². The van der Waals surface area contributed by atoms with E-state index < -0.39 is 0 Å². The van der Waals surface area contributed by atoms with Crippen molar-refractivity contribution in [2.45, 2.75) is 24.3 Å². The minimum atomic E-state index is 0.595. The minimum Gasteiger partial charge on any atom is -0.339 e. The molecule has 0 spiro atoms. The Morgan fingerprint density at radius 2 is 2.31 bits per heavy atom. The van der Waals surface area contributed by atoms with E-state index in [9.17, 15) is 4.79 Å². The highest BCUT2D eigenvalue weighted by molar-refractivity contribution is 7.97. The molecule has 88 valence electrons. The van der Waals surface area contributed by atoms with Gasteiger partial charge in [-0.2, -0.15) is 0 Å². The third-order valence-electron chi connectivity index (χ3n) is 2.91. The molecule has 0 unspecified atom stereocenters. The summed E-state index contributed by atoms with van der Waals surface area (Å²) >= 11 is 1.72. The van der Waals surface area contributed by atoms with Crippen molar-refractivity contribution in [3.8, 4) is 0 Å². The SMILES string of the molecule is Cn1cnc(SN2CCC(CC=O)CC2)c1.